The number of amidine groups is 1. The number of alkyl halides is 3. The van der Waals surface area contributed by atoms with Gasteiger partial charge >= 0.3 is 12.3 Å². The van der Waals surface area contributed by atoms with Crippen LogP contribution < -0.4 is 16.1 Å². The number of halogens is 3. The lowest BCUT2D eigenvalue weighted by atomic mass is 10.1. The van der Waals surface area contributed by atoms with E-state index in [0.717, 1.165) is 13.3 Å². The average Bonchev–Trinajstić information content (AvgIpc) is 2.47. The number of allylic oxidation sites excluding steroid dienone is 1. The number of aromatic nitrogens is 1. The molecule has 0 unspecified atom stereocenters. The van der Waals surface area contributed by atoms with Crippen LogP contribution in [0.3, 0.4) is 0 Å². The maximum absolute atomic E-state index is 13.3. The highest BCUT2D eigenvalue weighted by Gasteiger charge is 2.35. The molecule has 1 heterocycles. The fourth-order valence-corrected chi connectivity index (χ4v) is 1.50. The van der Waals surface area contributed by atoms with Crippen LogP contribution in [0.5, 0.6) is 0 Å². The molecule has 0 saturated heterocycles. The number of pyridine rings is 1. The van der Waals surface area contributed by atoms with Crippen molar-refractivity contribution < 1.29 is 22.7 Å². The molecule has 0 atom stereocenters. The van der Waals surface area contributed by atoms with Gasteiger partial charge in [0.2, 0.25) is 0 Å². The van der Waals surface area contributed by atoms with Crippen molar-refractivity contribution in [2.45, 2.75) is 13.1 Å². The minimum atomic E-state index is -4.67. The molecule has 3 N–H and O–H groups in total. The van der Waals surface area contributed by atoms with Gasteiger partial charge in [0.25, 0.3) is 0 Å². The molecular weight excluding hydrogens is 315 g/mol. The number of carbonyl (C=O) groups excluding carboxylic acids is 1. The zero-order chi connectivity index (χ0) is 17.6. The number of methoxy groups -OCH3 is 1. The van der Waals surface area contributed by atoms with Gasteiger partial charge in [-0.3, -0.25) is 10.7 Å². The largest absolute Gasteiger partial charge is 0.453 e. The van der Waals surface area contributed by atoms with E-state index in [9.17, 15) is 18.0 Å². The van der Waals surface area contributed by atoms with Crippen molar-refractivity contribution in [1.29, 1.82) is 0 Å². The van der Waals surface area contributed by atoms with Crippen molar-refractivity contribution in [2.75, 3.05) is 19.5 Å². The first-order chi connectivity index (χ1) is 10.7. The van der Waals surface area contributed by atoms with Gasteiger partial charge in [0, 0.05) is 24.5 Å². The van der Waals surface area contributed by atoms with E-state index < -0.39 is 17.8 Å². The number of anilines is 1. The summed E-state index contributed by atoms with van der Waals surface area (Å²) in [4.78, 5) is 14.8. The lowest BCUT2D eigenvalue weighted by molar-refractivity contribution is -0.137. The summed E-state index contributed by atoms with van der Waals surface area (Å²) in [5, 5.41) is 8.43. The molecule has 1 rings (SSSR count). The van der Waals surface area contributed by atoms with E-state index in [2.05, 4.69) is 37.5 Å². The second-order valence-corrected chi connectivity index (χ2v) is 4.33. The van der Waals surface area contributed by atoms with Crippen molar-refractivity contribution in [2.24, 2.45) is 5.10 Å². The Labute approximate surface area is 130 Å². The molecule has 23 heavy (non-hydrogen) atoms. The third-order valence-corrected chi connectivity index (χ3v) is 2.48. The molecule has 1 amide bonds. The molecule has 0 fully saturated rings. The predicted octanol–water partition coefficient (Wildman–Crippen LogP) is 2.28. The zero-order valence-electron chi connectivity index (χ0n) is 12.7. The van der Waals surface area contributed by atoms with Crippen molar-refractivity contribution in [3.63, 3.8) is 0 Å². The fourth-order valence-electron chi connectivity index (χ4n) is 1.50. The molecule has 0 radical (unpaired) electrons. The van der Waals surface area contributed by atoms with Gasteiger partial charge in [0.15, 0.2) is 5.84 Å². The minimum Gasteiger partial charge on any atom is -0.453 e. The Morgan fingerprint density at radius 2 is 2.09 bits per heavy atom. The molecule has 7 nitrogen and oxygen atoms in total. The van der Waals surface area contributed by atoms with Gasteiger partial charge in [0.05, 0.1) is 12.7 Å². The van der Waals surface area contributed by atoms with E-state index in [4.69, 9.17) is 0 Å². The van der Waals surface area contributed by atoms with Crippen molar-refractivity contribution in [3.05, 3.63) is 35.7 Å². The third-order valence-electron chi connectivity index (χ3n) is 2.48. The first-order valence-corrected chi connectivity index (χ1v) is 6.28. The summed E-state index contributed by atoms with van der Waals surface area (Å²) in [5.41, 5.74) is 1.62. The monoisotopic (exact) mass is 331 g/mol. The van der Waals surface area contributed by atoms with Crippen LogP contribution in [0.4, 0.5) is 23.8 Å². The van der Waals surface area contributed by atoms with Crippen molar-refractivity contribution in [1.82, 2.24) is 15.7 Å². The van der Waals surface area contributed by atoms with Crippen molar-refractivity contribution >= 4 is 17.7 Å². The summed E-state index contributed by atoms with van der Waals surface area (Å²) < 4.78 is 44.1. The van der Waals surface area contributed by atoms with Gasteiger partial charge in [-0.05, 0) is 13.0 Å². The molecule has 0 bridgehead atoms. The smallest absolute Gasteiger partial charge is 0.417 e. The van der Waals surface area contributed by atoms with Gasteiger partial charge in [-0.2, -0.15) is 18.3 Å². The Kier molecular flexibility index (Phi) is 5.94. The number of rotatable bonds is 4. The van der Waals surface area contributed by atoms with E-state index >= 15 is 0 Å². The lowest BCUT2D eigenvalue weighted by Crippen LogP contribution is -2.27. The molecule has 0 aliphatic carbocycles. The first kappa shape index (κ1) is 18.3. The summed E-state index contributed by atoms with van der Waals surface area (Å²) in [6.07, 6.45) is -4.65. The molecule has 1 aromatic rings. The summed E-state index contributed by atoms with van der Waals surface area (Å²) in [7, 11) is 2.50. The van der Waals surface area contributed by atoms with Crippen molar-refractivity contribution in [3.8, 4) is 0 Å². The van der Waals surface area contributed by atoms with Gasteiger partial charge in [-0.25, -0.2) is 9.78 Å². The molecule has 0 aliphatic heterocycles. The quantitative estimate of drug-likeness (QED) is 0.448. The van der Waals surface area contributed by atoms with Crippen LogP contribution in [-0.4, -0.2) is 31.1 Å². The maximum atomic E-state index is 13.3. The van der Waals surface area contributed by atoms with E-state index in [1.807, 2.05) is 0 Å². The van der Waals surface area contributed by atoms with Crippen LogP contribution >= 0.6 is 0 Å². The van der Waals surface area contributed by atoms with Crippen LogP contribution in [0, 0.1) is 0 Å². The molecule has 0 spiro atoms. The van der Waals surface area contributed by atoms with Gasteiger partial charge < -0.3 is 10.1 Å². The van der Waals surface area contributed by atoms with Crippen LogP contribution in [0.1, 0.15) is 18.1 Å². The predicted molar refractivity (Wildman–Crippen MR) is 78.8 cm³/mol. The fraction of sp³-hybridized carbons (Fsp3) is 0.308. The highest BCUT2D eigenvalue weighted by Crippen LogP contribution is 2.33. The Hall–Kier alpha value is -2.78. The van der Waals surface area contributed by atoms with Crippen LogP contribution in [-0.2, 0) is 10.9 Å². The van der Waals surface area contributed by atoms with E-state index in [0.29, 0.717) is 11.8 Å². The Morgan fingerprint density at radius 1 is 1.43 bits per heavy atom. The molecule has 10 heteroatoms. The Morgan fingerprint density at radius 3 is 2.57 bits per heavy atom. The number of hydrazone groups is 1. The topological polar surface area (TPSA) is 87.6 Å². The molecule has 0 saturated carbocycles. The van der Waals surface area contributed by atoms with Crippen LogP contribution in [0.15, 0.2) is 29.6 Å². The standard InChI is InChI=1S/C13H16F3N5O2/c1-7(2)20-21-11(17-3)8-6-18-10(19-12(22)23-4)5-9(8)13(14,15)16/h5-6,20H,1H2,2-4H3,(H,17,21)(H,18,19,22). The van der Waals surface area contributed by atoms with Gasteiger partial charge in [0.1, 0.15) is 5.82 Å². The summed E-state index contributed by atoms with van der Waals surface area (Å²) in [6.45, 7) is 5.14. The highest BCUT2D eigenvalue weighted by molar-refractivity contribution is 6.00. The Balaban J connectivity index is 3.33. The third kappa shape index (κ3) is 5.16. The summed E-state index contributed by atoms with van der Waals surface area (Å²) in [6, 6.07) is 0.694. The molecular formula is C13H16F3N5O2. The number of ether oxygens (including phenoxy) is 1. The number of nitrogens with one attached hydrogen (secondary N) is 3. The molecule has 0 aliphatic rings. The molecule has 1 aromatic heterocycles. The summed E-state index contributed by atoms with van der Waals surface area (Å²) in [5.74, 6) is -0.381. The second-order valence-electron chi connectivity index (χ2n) is 4.33. The highest BCUT2D eigenvalue weighted by atomic mass is 19.4. The Bertz CT molecular complexity index is 629. The van der Waals surface area contributed by atoms with E-state index in [-0.39, 0.29) is 17.2 Å². The first-order valence-electron chi connectivity index (χ1n) is 6.28. The van der Waals surface area contributed by atoms with E-state index in [1.54, 1.807) is 6.92 Å². The minimum absolute atomic E-state index is 0.0857. The van der Waals surface area contributed by atoms with Crippen LogP contribution in [0.25, 0.3) is 0 Å². The molecule has 126 valence electrons. The lowest BCUT2D eigenvalue weighted by Gasteiger charge is -2.15. The number of hydrogen-bond donors (Lipinski definition) is 3. The number of hydrogen-bond acceptors (Lipinski definition) is 5. The number of carbonyl (C=O) groups is 1. The second kappa shape index (κ2) is 7.47. The van der Waals surface area contributed by atoms with Gasteiger partial charge in [-0.15, -0.1) is 0 Å². The molecule has 0 aromatic carbocycles. The zero-order valence-corrected chi connectivity index (χ0v) is 12.7. The number of nitrogens with zero attached hydrogens (tertiary/aromatic N) is 2. The SMILES string of the molecule is C=C(C)N/N=C(\NC)c1cnc(NC(=O)OC)cc1C(F)(F)F. The normalized spacial score (nSPS) is 11.7. The van der Waals surface area contributed by atoms with E-state index in [1.165, 1.54) is 7.05 Å². The number of amides is 1. The summed E-state index contributed by atoms with van der Waals surface area (Å²) >= 11 is 0. The maximum Gasteiger partial charge on any atom is 0.417 e. The van der Waals surface area contributed by atoms with Crippen LogP contribution in [0.2, 0.25) is 0 Å². The average molecular weight is 331 g/mol. The van der Waals surface area contributed by atoms with Gasteiger partial charge in [-0.1, -0.05) is 6.58 Å².